The van der Waals surface area contributed by atoms with Crippen LogP contribution in [0.2, 0.25) is 0 Å². The van der Waals surface area contributed by atoms with E-state index in [-0.39, 0.29) is 5.78 Å². The fourth-order valence-electron chi connectivity index (χ4n) is 1.71. The molecule has 2 nitrogen and oxygen atoms in total. The zero-order valence-electron chi connectivity index (χ0n) is 8.88. The third-order valence-electron chi connectivity index (χ3n) is 2.49. The molecule has 0 bridgehead atoms. The van der Waals surface area contributed by atoms with Crippen LogP contribution in [0.15, 0.2) is 30.4 Å². The third kappa shape index (κ3) is 2.09. The first-order chi connectivity index (χ1) is 7.16. The highest BCUT2D eigenvalue weighted by atomic mass is 16.5. The van der Waals surface area contributed by atoms with Gasteiger partial charge >= 0.3 is 0 Å². The van der Waals surface area contributed by atoms with Crippen LogP contribution in [0.4, 0.5) is 0 Å². The minimum atomic E-state index is 0.228. The van der Waals surface area contributed by atoms with Crippen LogP contribution in [0.25, 0.3) is 0 Å². The summed E-state index contributed by atoms with van der Waals surface area (Å²) in [6, 6.07) is 5.74. The fourth-order valence-corrected chi connectivity index (χ4v) is 1.71. The lowest BCUT2D eigenvalue weighted by Crippen LogP contribution is -1.99. The van der Waals surface area contributed by atoms with E-state index < -0.39 is 0 Å². The van der Waals surface area contributed by atoms with Crippen molar-refractivity contribution >= 4 is 5.78 Å². The maximum Gasteiger partial charge on any atom is 0.163 e. The van der Waals surface area contributed by atoms with Crippen molar-refractivity contribution in [2.45, 2.75) is 19.8 Å². The molecule has 0 radical (unpaired) electrons. The summed E-state index contributed by atoms with van der Waals surface area (Å²) < 4.78 is 5.49. The molecular weight excluding hydrogens is 188 g/mol. The number of hydrogen-bond donors (Lipinski definition) is 0. The third-order valence-corrected chi connectivity index (χ3v) is 2.49. The lowest BCUT2D eigenvalue weighted by atomic mass is 10.1. The lowest BCUT2D eigenvalue weighted by molar-refractivity contribution is 0.0994. The van der Waals surface area contributed by atoms with E-state index in [1.165, 1.54) is 0 Å². The number of hydrogen-bond acceptors (Lipinski definition) is 2. The van der Waals surface area contributed by atoms with E-state index in [4.69, 9.17) is 4.74 Å². The molecule has 2 heteroatoms. The largest absolute Gasteiger partial charge is 0.489 e. The van der Waals surface area contributed by atoms with Gasteiger partial charge in [-0.2, -0.15) is 0 Å². The van der Waals surface area contributed by atoms with Crippen molar-refractivity contribution in [3.63, 3.8) is 0 Å². The van der Waals surface area contributed by atoms with Gasteiger partial charge in [-0.25, -0.2) is 0 Å². The van der Waals surface area contributed by atoms with Crippen molar-refractivity contribution < 1.29 is 9.53 Å². The van der Waals surface area contributed by atoms with Crippen LogP contribution in [0.5, 0.6) is 5.75 Å². The zero-order chi connectivity index (χ0) is 10.8. The highest BCUT2D eigenvalue weighted by molar-refractivity contribution is 6.00. The van der Waals surface area contributed by atoms with Crippen LogP contribution in [0, 0.1) is 0 Å². The fraction of sp³-hybridized carbons (Fsp3) is 0.308. The standard InChI is InChI=1S/C13H14O2/c1-9(2)8-15-11-5-3-10-4-6-13(14)12(10)7-11/h3,5,7H,1,4,6,8H2,2H3. The molecular formula is C13H14O2. The molecule has 0 saturated heterocycles. The molecule has 1 aromatic carbocycles. The van der Waals surface area contributed by atoms with Gasteiger partial charge in [0, 0.05) is 12.0 Å². The molecule has 0 fully saturated rings. The molecule has 0 heterocycles. The maximum atomic E-state index is 11.5. The maximum absolute atomic E-state index is 11.5. The van der Waals surface area contributed by atoms with Crippen molar-refractivity contribution in [1.29, 1.82) is 0 Å². The summed E-state index contributed by atoms with van der Waals surface area (Å²) in [4.78, 5) is 11.5. The van der Waals surface area contributed by atoms with E-state index in [0.717, 1.165) is 28.9 Å². The first-order valence-corrected chi connectivity index (χ1v) is 5.10. The molecule has 0 atom stereocenters. The van der Waals surface area contributed by atoms with E-state index in [0.29, 0.717) is 13.0 Å². The van der Waals surface area contributed by atoms with Gasteiger partial charge in [-0.05, 0) is 36.6 Å². The Morgan fingerprint density at radius 3 is 3.00 bits per heavy atom. The molecule has 0 aromatic heterocycles. The quantitative estimate of drug-likeness (QED) is 0.704. The predicted octanol–water partition coefficient (Wildman–Crippen LogP) is 2.77. The lowest BCUT2D eigenvalue weighted by Gasteiger charge is -2.06. The van der Waals surface area contributed by atoms with Crippen LogP contribution in [-0.4, -0.2) is 12.4 Å². The van der Waals surface area contributed by atoms with Gasteiger partial charge in [0.15, 0.2) is 5.78 Å². The highest BCUT2D eigenvalue weighted by Crippen LogP contribution is 2.26. The molecule has 1 aromatic rings. The summed E-state index contributed by atoms with van der Waals surface area (Å²) in [5, 5.41) is 0. The van der Waals surface area contributed by atoms with E-state index in [2.05, 4.69) is 6.58 Å². The Morgan fingerprint density at radius 1 is 1.47 bits per heavy atom. The second-order valence-corrected chi connectivity index (χ2v) is 3.99. The molecule has 0 N–H and O–H groups in total. The summed E-state index contributed by atoms with van der Waals surface area (Å²) in [7, 11) is 0. The Labute approximate surface area is 89.6 Å². The molecule has 0 unspecified atom stereocenters. The van der Waals surface area contributed by atoms with Crippen LogP contribution in [0.1, 0.15) is 29.3 Å². The summed E-state index contributed by atoms with van der Waals surface area (Å²) in [5.41, 5.74) is 2.94. The molecule has 2 rings (SSSR count). The first kappa shape index (κ1) is 9.97. The van der Waals surface area contributed by atoms with Gasteiger partial charge in [0.05, 0.1) is 0 Å². The predicted molar refractivity (Wildman–Crippen MR) is 59.4 cm³/mol. The molecule has 15 heavy (non-hydrogen) atoms. The van der Waals surface area contributed by atoms with Gasteiger partial charge in [-0.3, -0.25) is 4.79 Å². The normalized spacial score (nSPS) is 13.8. The van der Waals surface area contributed by atoms with Crippen LogP contribution < -0.4 is 4.74 Å². The summed E-state index contributed by atoms with van der Waals surface area (Å²) in [5.74, 6) is 0.984. The molecule has 0 spiro atoms. The average molecular weight is 202 g/mol. The highest BCUT2D eigenvalue weighted by Gasteiger charge is 2.19. The van der Waals surface area contributed by atoms with Gasteiger partial charge in [0.2, 0.25) is 0 Å². The number of benzene rings is 1. The molecule has 0 amide bonds. The summed E-state index contributed by atoms with van der Waals surface area (Å²) in [6.45, 7) is 6.19. The SMILES string of the molecule is C=C(C)COc1ccc2c(c1)C(=O)CC2. The number of ketones is 1. The second-order valence-electron chi connectivity index (χ2n) is 3.99. The minimum Gasteiger partial charge on any atom is -0.489 e. The Balaban J connectivity index is 2.18. The number of aryl methyl sites for hydroxylation is 1. The van der Waals surface area contributed by atoms with E-state index in [1.54, 1.807) is 0 Å². The van der Waals surface area contributed by atoms with E-state index in [1.807, 2.05) is 25.1 Å². The Hall–Kier alpha value is -1.57. The smallest absolute Gasteiger partial charge is 0.163 e. The minimum absolute atomic E-state index is 0.228. The summed E-state index contributed by atoms with van der Waals surface area (Å²) in [6.07, 6.45) is 1.51. The molecule has 1 aliphatic carbocycles. The average Bonchev–Trinajstić information content (AvgIpc) is 2.57. The van der Waals surface area contributed by atoms with Gasteiger partial charge < -0.3 is 4.74 Å². The number of carbonyl (C=O) groups is 1. The van der Waals surface area contributed by atoms with Crippen molar-refractivity contribution in [2.75, 3.05) is 6.61 Å². The molecule has 0 aliphatic heterocycles. The van der Waals surface area contributed by atoms with E-state index >= 15 is 0 Å². The molecule has 78 valence electrons. The second kappa shape index (κ2) is 3.89. The number of fused-ring (bicyclic) bond motifs is 1. The number of rotatable bonds is 3. The number of carbonyl (C=O) groups excluding carboxylic acids is 1. The van der Waals surface area contributed by atoms with Crippen molar-refractivity contribution in [2.24, 2.45) is 0 Å². The molecule has 0 saturated carbocycles. The van der Waals surface area contributed by atoms with Crippen molar-refractivity contribution in [1.82, 2.24) is 0 Å². The molecule has 1 aliphatic rings. The number of ether oxygens (including phenoxy) is 1. The number of Topliss-reactive ketones (excluding diaryl/α,β-unsaturated/α-hetero) is 1. The Morgan fingerprint density at radius 2 is 2.27 bits per heavy atom. The van der Waals surface area contributed by atoms with Crippen LogP contribution >= 0.6 is 0 Å². The Kier molecular flexibility index (Phi) is 2.58. The van der Waals surface area contributed by atoms with Crippen LogP contribution in [0.3, 0.4) is 0 Å². The van der Waals surface area contributed by atoms with Gasteiger partial charge in [0.25, 0.3) is 0 Å². The topological polar surface area (TPSA) is 26.3 Å². The first-order valence-electron chi connectivity index (χ1n) is 5.10. The van der Waals surface area contributed by atoms with Crippen molar-refractivity contribution in [3.8, 4) is 5.75 Å². The van der Waals surface area contributed by atoms with Crippen LogP contribution in [-0.2, 0) is 6.42 Å². The zero-order valence-corrected chi connectivity index (χ0v) is 8.88. The van der Waals surface area contributed by atoms with Gasteiger partial charge in [0.1, 0.15) is 12.4 Å². The monoisotopic (exact) mass is 202 g/mol. The van der Waals surface area contributed by atoms with Crippen molar-refractivity contribution in [3.05, 3.63) is 41.5 Å². The van der Waals surface area contributed by atoms with E-state index in [9.17, 15) is 4.79 Å². The Bertz CT molecular complexity index is 419. The van der Waals surface area contributed by atoms with Gasteiger partial charge in [-0.15, -0.1) is 0 Å². The summed E-state index contributed by atoms with van der Waals surface area (Å²) >= 11 is 0. The van der Waals surface area contributed by atoms with Gasteiger partial charge in [-0.1, -0.05) is 12.6 Å².